The van der Waals surface area contributed by atoms with E-state index in [9.17, 15) is 4.79 Å². The van der Waals surface area contributed by atoms with Gasteiger partial charge in [0, 0.05) is 29.0 Å². The zero-order chi connectivity index (χ0) is 16.2. The molecular weight excluding hydrogens is 380 g/mol. The standard InChI is InChI=1S/C17H12BrClN2O2/c18-13-3-4-15(19)14(7-13)17(22)21-9-11-6-12(10-20-8-11)16-2-1-5-23-16/h1-8,10H,9H2,(H,21,22). The van der Waals surface area contributed by atoms with Crippen LogP contribution in [-0.2, 0) is 6.54 Å². The summed E-state index contributed by atoms with van der Waals surface area (Å²) in [6.07, 6.45) is 5.03. The van der Waals surface area contributed by atoms with Crippen LogP contribution in [0, 0.1) is 0 Å². The van der Waals surface area contributed by atoms with Gasteiger partial charge >= 0.3 is 0 Å². The van der Waals surface area contributed by atoms with Crippen molar-refractivity contribution < 1.29 is 9.21 Å². The largest absolute Gasteiger partial charge is 0.464 e. The predicted octanol–water partition coefficient (Wildman–Crippen LogP) is 4.69. The number of aromatic nitrogens is 1. The second-order valence-corrected chi connectivity index (χ2v) is 6.19. The number of nitrogens with one attached hydrogen (secondary N) is 1. The quantitative estimate of drug-likeness (QED) is 0.702. The minimum Gasteiger partial charge on any atom is -0.464 e. The maximum absolute atomic E-state index is 12.2. The van der Waals surface area contributed by atoms with E-state index in [1.807, 2.05) is 18.2 Å². The number of rotatable bonds is 4. The Hall–Kier alpha value is -2.11. The molecule has 23 heavy (non-hydrogen) atoms. The third kappa shape index (κ3) is 3.81. The molecule has 0 bridgehead atoms. The number of furan rings is 1. The lowest BCUT2D eigenvalue weighted by Crippen LogP contribution is -2.23. The number of benzene rings is 1. The van der Waals surface area contributed by atoms with Crippen LogP contribution in [-0.4, -0.2) is 10.9 Å². The van der Waals surface area contributed by atoms with Crippen LogP contribution in [0.15, 0.2) is 63.9 Å². The summed E-state index contributed by atoms with van der Waals surface area (Å²) in [5.74, 6) is 0.500. The predicted molar refractivity (Wildman–Crippen MR) is 92.3 cm³/mol. The zero-order valence-electron chi connectivity index (χ0n) is 11.9. The lowest BCUT2D eigenvalue weighted by atomic mass is 10.1. The van der Waals surface area contributed by atoms with Gasteiger partial charge in [-0.3, -0.25) is 9.78 Å². The molecule has 0 aliphatic rings. The van der Waals surface area contributed by atoms with Gasteiger partial charge in [0.2, 0.25) is 0 Å². The van der Waals surface area contributed by atoms with Gasteiger partial charge < -0.3 is 9.73 Å². The fourth-order valence-electron chi connectivity index (χ4n) is 2.11. The minimum atomic E-state index is -0.236. The fourth-order valence-corrected chi connectivity index (χ4v) is 2.68. The van der Waals surface area contributed by atoms with Gasteiger partial charge in [0.15, 0.2) is 0 Å². The summed E-state index contributed by atoms with van der Waals surface area (Å²) in [6, 6.07) is 10.8. The highest BCUT2D eigenvalue weighted by atomic mass is 79.9. The summed E-state index contributed by atoms with van der Waals surface area (Å²) < 4.78 is 6.15. The van der Waals surface area contributed by atoms with Crippen LogP contribution < -0.4 is 5.32 Å². The van der Waals surface area contributed by atoms with Gasteiger partial charge in [0.25, 0.3) is 5.91 Å². The van der Waals surface area contributed by atoms with E-state index >= 15 is 0 Å². The topological polar surface area (TPSA) is 55.1 Å². The van der Waals surface area contributed by atoms with Crippen LogP contribution in [0.5, 0.6) is 0 Å². The molecule has 4 nitrogen and oxygen atoms in total. The van der Waals surface area contributed by atoms with Gasteiger partial charge in [0.05, 0.1) is 16.8 Å². The summed E-state index contributed by atoms with van der Waals surface area (Å²) in [5.41, 5.74) is 2.16. The Labute approximate surface area is 146 Å². The Morgan fingerprint density at radius 2 is 2.13 bits per heavy atom. The molecule has 0 fully saturated rings. The Morgan fingerprint density at radius 1 is 1.26 bits per heavy atom. The molecule has 0 atom stereocenters. The van der Waals surface area contributed by atoms with E-state index in [0.717, 1.165) is 21.4 Å². The fraction of sp³-hybridized carbons (Fsp3) is 0.0588. The van der Waals surface area contributed by atoms with Crippen LogP contribution in [0.4, 0.5) is 0 Å². The molecule has 2 aromatic heterocycles. The first-order chi connectivity index (χ1) is 11.1. The number of amides is 1. The first kappa shape index (κ1) is 15.8. The lowest BCUT2D eigenvalue weighted by Gasteiger charge is -2.08. The number of carbonyl (C=O) groups is 1. The van der Waals surface area contributed by atoms with E-state index in [4.69, 9.17) is 16.0 Å². The maximum Gasteiger partial charge on any atom is 0.253 e. The molecular formula is C17H12BrClN2O2. The average Bonchev–Trinajstić information content (AvgIpc) is 3.10. The summed E-state index contributed by atoms with van der Waals surface area (Å²) in [5, 5.41) is 3.25. The molecule has 1 aromatic carbocycles. The third-order valence-corrected chi connectivity index (χ3v) is 4.05. The Morgan fingerprint density at radius 3 is 2.91 bits per heavy atom. The van der Waals surface area contributed by atoms with Crippen LogP contribution in [0.1, 0.15) is 15.9 Å². The van der Waals surface area contributed by atoms with E-state index < -0.39 is 0 Å². The second-order valence-electron chi connectivity index (χ2n) is 4.87. The number of carbonyl (C=O) groups excluding carboxylic acids is 1. The molecule has 0 unspecified atom stereocenters. The van der Waals surface area contributed by atoms with Gasteiger partial charge in [-0.25, -0.2) is 0 Å². The first-order valence-electron chi connectivity index (χ1n) is 6.84. The number of pyridine rings is 1. The van der Waals surface area contributed by atoms with Crippen molar-refractivity contribution in [2.75, 3.05) is 0 Å². The highest BCUT2D eigenvalue weighted by Gasteiger charge is 2.11. The molecule has 3 rings (SSSR count). The van der Waals surface area contributed by atoms with Gasteiger partial charge in [-0.15, -0.1) is 0 Å². The average molecular weight is 392 g/mol. The molecule has 0 radical (unpaired) electrons. The summed E-state index contributed by atoms with van der Waals surface area (Å²) in [7, 11) is 0. The normalized spacial score (nSPS) is 10.5. The molecule has 0 saturated heterocycles. The number of hydrogen-bond donors (Lipinski definition) is 1. The molecule has 0 spiro atoms. The van der Waals surface area contributed by atoms with Gasteiger partial charge in [-0.2, -0.15) is 0 Å². The molecule has 0 saturated carbocycles. The highest BCUT2D eigenvalue weighted by Crippen LogP contribution is 2.22. The van der Waals surface area contributed by atoms with Gasteiger partial charge in [0.1, 0.15) is 5.76 Å². The number of nitrogens with zero attached hydrogens (tertiary/aromatic N) is 1. The van der Waals surface area contributed by atoms with Crippen molar-refractivity contribution in [3.63, 3.8) is 0 Å². The van der Waals surface area contributed by atoms with Gasteiger partial charge in [-0.1, -0.05) is 27.5 Å². The van der Waals surface area contributed by atoms with Crippen molar-refractivity contribution in [3.05, 3.63) is 75.7 Å². The minimum absolute atomic E-state index is 0.236. The smallest absolute Gasteiger partial charge is 0.253 e. The van der Waals surface area contributed by atoms with E-state index in [0.29, 0.717) is 17.1 Å². The third-order valence-electron chi connectivity index (χ3n) is 3.23. The van der Waals surface area contributed by atoms with Gasteiger partial charge in [-0.05, 0) is 42.0 Å². The summed E-state index contributed by atoms with van der Waals surface area (Å²) in [6.45, 7) is 0.350. The Kier molecular flexibility index (Phi) is 4.79. The summed E-state index contributed by atoms with van der Waals surface area (Å²) >= 11 is 9.39. The molecule has 116 valence electrons. The Bertz CT molecular complexity index is 834. The van der Waals surface area contributed by atoms with E-state index in [2.05, 4.69) is 26.2 Å². The van der Waals surface area contributed by atoms with Crippen LogP contribution >= 0.6 is 27.5 Å². The van der Waals surface area contributed by atoms with Crippen LogP contribution in [0.25, 0.3) is 11.3 Å². The Balaban J connectivity index is 1.72. The monoisotopic (exact) mass is 390 g/mol. The van der Waals surface area contributed by atoms with Crippen LogP contribution in [0.2, 0.25) is 5.02 Å². The zero-order valence-corrected chi connectivity index (χ0v) is 14.3. The molecule has 0 aliphatic carbocycles. The van der Waals surface area contributed by atoms with Crippen molar-refractivity contribution in [2.24, 2.45) is 0 Å². The van der Waals surface area contributed by atoms with E-state index in [1.54, 1.807) is 36.9 Å². The van der Waals surface area contributed by atoms with Crippen LogP contribution in [0.3, 0.4) is 0 Å². The van der Waals surface area contributed by atoms with Crippen molar-refractivity contribution in [2.45, 2.75) is 6.54 Å². The summed E-state index contributed by atoms with van der Waals surface area (Å²) in [4.78, 5) is 16.4. The molecule has 1 amide bonds. The van der Waals surface area contributed by atoms with E-state index in [1.165, 1.54) is 0 Å². The molecule has 2 heterocycles. The number of hydrogen-bond acceptors (Lipinski definition) is 3. The van der Waals surface area contributed by atoms with Crippen molar-refractivity contribution in [1.29, 1.82) is 0 Å². The van der Waals surface area contributed by atoms with E-state index in [-0.39, 0.29) is 5.91 Å². The van der Waals surface area contributed by atoms with Crippen molar-refractivity contribution in [3.8, 4) is 11.3 Å². The second kappa shape index (κ2) is 6.98. The molecule has 6 heteroatoms. The molecule has 0 aliphatic heterocycles. The highest BCUT2D eigenvalue weighted by molar-refractivity contribution is 9.10. The number of halogens is 2. The van der Waals surface area contributed by atoms with Crippen molar-refractivity contribution in [1.82, 2.24) is 10.3 Å². The maximum atomic E-state index is 12.2. The molecule has 3 aromatic rings. The van der Waals surface area contributed by atoms with Crippen molar-refractivity contribution >= 4 is 33.4 Å². The SMILES string of the molecule is O=C(NCc1cncc(-c2ccco2)c1)c1cc(Br)ccc1Cl. The lowest BCUT2D eigenvalue weighted by molar-refractivity contribution is 0.0951. The molecule has 1 N–H and O–H groups in total. The first-order valence-corrected chi connectivity index (χ1v) is 8.01.